The first-order chi connectivity index (χ1) is 11.5. The molecular weight excluding hydrogens is 308 g/mol. The Morgan fingerprint density at radius 2 is 2.33 bits per heavy atom. The summed E-state index contributed by atoms with van der Waals surface area (Å²) in [6, 6.07) is -0.136. The van der Waals surface area contributed by atoms with Gasteiger partial charge < -0.3 is 25.0 Å². The molecular formula is C17H28N4O3. The molecule has 0 saturated carbocycles. The second-order valence-electron chi connectivity index (χ2n) is 6.14. The summed E-state index contributed by atoms with van der Waals surface area (Å²) in [5, 5.41) is 6.22. The van der Waals surface area contributed by atoms with Crippen LogP contribution in [0, 0.1) is 13.8 Å². The fraction of sp³-hybridized carbons (Fsp3) is 0.647. The summed E-state index contributed by atoms with van der Waals surface area (Å²) in [5.74, 6) is 0.826. The minimum absolute atomic E-state index is 0.0178. The van der Waals surface area contributed by atoms with E-state index in [2.05, 4.69) is 15.6 Å². The minimum atomic E-state index is -0.136. The summed E-state index contributed by atoms with van der Waals surface area (Å²) in [7, 11) is 3.41. The van der Waals surface area contributed by atoms with Crippen LogP contribution in [0.5, 0.6) is 5.75 Å². The number of hydrogen-bond acceptors (Lipinski definition) is 5. The first kappa shape index (κ1) is 18.5. The lowest BCUT2D eigenvalue weighted by Gasteiger charge is -2.22. The predicted molar refractivity (Wildman–Crippen MR) is 92.4 cm³/mol. The van der Waals surface area contributed by atoms with Crippen LogP contribution in [-0.2, 0) is 11.3 Å². The third kappa shape index (κ3) is 4.82. The van der Waals surface area contributed by atoms with Gasteiger partial charge in [-0.2, -0.15) is 0 Å². The van der Waals surface area contributed by atoms with E-state index in [-0.39, 0.29) is 12.1 Å². The standard InChI is InChI=1S/C17H28N4O3/c1-12-8-19-15(13(2)16(12)23-4)11-21(3)17(22)20-10-14-9-18-6-5-7-24-14/h8,14,18H,5-7,9-11H2,1-4H3,(H,20,22). The highest BCUT2D eigenvalue weighted by Crippen LogP contribution is 2.24. The van der Waals surface area contributed by atoms with Crippen molar-refractivity contribution in [2.75, 3.05) is 40.4 Å². The van der Waals surface area contributed by atoms with E-state index in [1.54, 1.807) is 25.3 Å². The molecule has 1 unspecified atom stereocenters. The number of hydrogen-bond donors (Lipinski definition) is 2. The van der Waals surface area contributed by atoms with Crippen molar-refractivity contribution in [3.05, 3.63) is 23.0 Å². The minimum Gasteiger partial charge on any atom is -0.496 e. The van der Waals surface area contributed by atoms with Gasteiger partial charge in [0.1, 0.15) is 5.75 Å². The fourth-order valence-corrected chi connectivity index (χ4v) is 2.76. The molecule has 0 spiro atoms. The zero-order valence-electron chi connectivity index (χ0n) is 15.0. The molecule has 0 aliphatic carbocycles. The molecule has 1 aliphatic rings. The molecule has 2 heterocycles. The molecule has 134 valence electrons. The lowest BCUT2D eigenvalue weighted by atomic mass is 10.1. The highest BCUT2D eigenvalue weighted by molar-refractivity contribution is 5.73. The van der Waals surface area contributed by atoms with Crippen LogP contribution in [0.4, 0.5) is 4.79 Å². The molecule has 2 amide bonds. The molecule has 1 aromatic heterocycles. The molecule has 0 radical (unpaired) electrons. The number of aromatic nitrogens is 1. The summed E-state index contributed by atoms with van der Waals surface area (Å²) in [4.78, 5) is 18.3. The Morgan fingerprint density at radius 3 is 3.08 bits per heavy atom. The van der Waals surface area contributed by atoms with E-state index >= 15 is 0 Å². The van der Waals surface area contributed by atoms with Gasteiger partial charge in [0.25, 0.3) is 0 Å². The number of rotatable bonds is 5. The average molecular weight is 336 g/mol. The lowest BCUT2D eigenvalue weighted by molar-refractivity contribution is 0.0674. The zero-order chi connectivity index (χ0) is 17.5. The number of carbonyl (C=O) groups is 1. The summed E-state index contributed by atoms with van der Waals surface area (Å²) in [6.07, 6.45) is 2.80. The van der Waals surface area contributed by atoms with Crippen LogP contribution in [0.15, 0.2) is 6.20 Å². The van der Waals surface area contributed by atoms with E-state index in [9.17, 15) is 4.79 Å². The van der Waals surface area contributed by atoms with Gasteiger partial charge in [-0.15, -0.1) is 0 Å². The summed E-state index contributed by atoms with van der Waals surface area (Å²) in [5.41, 5.74) is 2.79. The van der Waals surface area contributed by atoms with Crippen LogP contribution in [0.25, 0.3) is 0 Å². The number of amides is 2. The lowest BCUT2D eigenvalue weighted by Crippen LogP contribution is -2.43. The van der Waals surface area contributed by atoms with Crippen molar-refractivity contribution >= 4 is 6.03 Å². The second-order valence-corrected chi connectivity index (χ2v) is 6.14. The molecule has 1 saturated heterocycles. The van der Waals surface area contributed by atoms with Gasteiger partial charge in [0.15, 0.2) is 0 Å². The Bertz CT molecular complexity index is 557. The Kier molecular flexibility index (Phi) is 6.81. The number of nitrogens with zero attached hydrogens (tertiary/aromatic N) is 2. The molecule has 2 rings (SSSR count). The van der Waals surface area contributed by atoms with Crippen molar-refractivity contribution in [2.24, 2.45) is 0 Å². The first-order valence-corrected chi connectivity index (χ1v) is 8.33. The summed E-state index contributed by atoms with van der Waals surface area (Å²) in [6.45, 7) is 7.31. The molecule has 2 N–H and O–H groups in total. The number of carbonyl (C=O) groups excluding carboxylic acids is 1. The molecule has 7 nitrogen and oxygen atoms in total. The molecule has 7 heteroatoms. The van der Waals surface area contributed by atoms with Crippen molar-refractivity contribution in [3.63, 3.8) is 0 Å². The monoisotopic (exact) mass is 336 g/mol. The molecule has 1 aliphatic heterocycles. The number of pyridine rings is 1. The summed E-state index contributed by atoms with van der Waals surface area (Å²) < 4.78 is 11.1. The Hall–Kier alpha value is -1.86. The van der Waals surface area contributed by atoms with Crippen molar-refractivity contribution in [2.45, 2.75) is 32.9 Å². The number of aryl methyl sites for hydroxylation is 1. The van der Waals surface area contributed by atoms with Crippen molar-refractivity contribution in [1.82, 2.24) is 20.5 Å². The van der Waals surface area contributed by atoms with Crippen molar-refractivity contribution < 1.29 is 14.3 Å². The van der Waals surface area contributed by atoms with Gasteiger partial charge in [-0.1, -0.05) is 0 Å². The molecule has 1 atom stereocenters. The van der Waals surface area contributed by atoms with E-state index in [1.807, 2.05) is 13.8 Å². The zero-order valence-corrected chi connectivity index (χ0v) is 15.0. The second kappa shape index (κ2) is 8.84. The topological polar surface area (TPSA) is 75.7 Å². The van der Waals surface area contributed by atoms with Gasteiger partial charge in [0.2, 0.25) is 0 Å². The van der Waals surface area contributed by atoms with Gasteiger partial charge in [0, 0.05) is 44.1 Å². The average Bonchev–Trinajstić information content (AvgIpc) is 2.84. The largest absolute Gasteiger partial charge is 0.496 e. The van der Waals surface area contributed by atoms with Crippen molar-refractivity contribution in [1.29, 1.82) is 0 Å². The van der Waals surface area contributed by atoms with Gasteiger partial charge in [-0.3, -0.25) is 4.98 Å². The Balaban J connectivity index is 1.89. The van der Waals surface area contributed by atoms with Crippen LogP contribution in [-0.4, -0.2) is 62.4 Å². The Labute approximate surface area is 143 Å². The maximum absolute atomic E-state index is 12.3. The SMILES string of the molecule is COc1c(C)cnc(CN(C)C(=O)NCC2CNCCCO2)c1C. The summed E-state index contributed by atoms with van der Waals surface area (Å²) >= 11 is 0. The normalized spacial score (nSPS) is 17.9. The van der Waals surface area contributed by atoms with Crippen molar-refractivity contribution in [3.8, 4) is 5.75 Å². The smallest absolute Gasteiger partial charge is 0.317 e. The molecule has 24 heavy (non-hydrogen) atoms. The van der Waals surface area contributed by atoms with Gasteiger partial charge in [-0.05, 0) is 26.8 Å². The molecule has 0 bridgehead atoms. The maximum atomic E-state index is 12.3. The van der Waals surface area contributed by atoms with Gasteiger partial charge in [-0.25, -0.2) is 4.79 Å². The highest BCUT2D eigenvalue weighted by Gasteiger charge is 2.17. The number of methoxy groups -OCH3 is 1. The number of urea groups is 1. The van der Waals surface area contributed by atoms with Crippen LogP contribution in [0.3, 0.4) is 0 Å². The van der Waals surface area contributed by atoms with E-state index < -0.39 is 0 Å². The van der Waals surface area contributed by atoms with Crippen LogP contribution >= 0.6 is 0 Å². The van der Waals surface area contributed by atoms with Gasteiger partial charge >= 0.3 is 6.03 Å². The van der Waals surface area contributed by atoms with Crippen LogP contribution < -0.4 is 15.4 Å². The van der Waals surface area contributed by atoms with E-state index in [0.29, 0.717) is 13.1 Å². The number of ether oxygens (including phenoxy) is 2. The molecule has 1 fully saturated rings. The van der Waals surface area contributed by atoms with E-state index in [4.69, 9.17) is 9.47 Å². The highest BCUT2D eigenvalue weighted by atomic mass is 16.5. The van der Waals surface area contributed by atoms with Crippen LogP contribution in [0.2, 0.25) is 0 Å². The predicted octanol–water partition coefficient (Wildman–Crippen LogP) is 1.23. The molecule has 1 aromatic rings. The quantitative estimate of drug-likeness (QED) is 0.846. The molecule has 0 aromatic carbocycles. The van der Waals surface area contributed by atoms with Crippen LogP contribution in [0.1, 0.15) is 23.2 Å². The van der Waals surface area contributed by atoms with E-state index in [1.165, 1.54) is 0 Å². The number of nitrogens with one attached hydrogen (secondary N) is 2. The first-order valence-electron chi connectivity index (χ1n) is 8.33. The fourth-order valence-electron chi connectivity index (χ4n) is 2.76. The van der Waals surface area contributed by atoms with Gasteiger partial charge in [0.05, 0.1) is 25.5 Å². The third-order valence-corrected chi connectivity index (χ3v) is 4.19. The van der Waals surface area contributed by atoms with E-state index in [0.717, 1.165) is 48.7 Å². The Morgan fingerprint density at radius 1 is 1.54 bits per heavy atom. The third-order valence-electron chi connectivity index (χ3n) is 4.19. The maximum Gasteiger partial charge on any atom is 0.317 e.